The van der Waals surface area contributed by atoms with Crippen LogP contribution in [0.15, 0.2) is 16.3 Å². The van der Waals surface area contributed by atoms with Crippen molar-refractivity contribution in [3.8, 4) is 12.3 Å². The Bertz CT molecular complexity index is 468. The quantitative estimate of drug-likeness (QED) is 0.817. The second-order valence-corrected chi connectivity index (χ2v) is 6.19. The predicted molar refractivity (Wildman–Crippen MR) is 62.3 cm³/mol. The molecule has 1 atom stereocenters. The molecule has 5 heteroatoms. The van der Waals surface area contributed by atoms with E-state index in [-0.39, 0.29) is 0 Å². The number of sulfonamides is 1. The van der Waals surface area contributed by atoms with Crippen molar-refractivity contribution in [3.05, 3.63) is 17.0 Å². The van der Waals surface area contributed by atoms with Crippen LogP contribution in [0.3, 0.4) is 0 Å². The summed E-state index contributed by atoms with van der Waals surface area (Å²) in [4.78, 5) is 1.05. The first-order chi connectivity index (χ1) is 6.99. The number of rotatable bonds is 4. The lowest BCUT2D eigenvalue weighted by Crippen LogP contribution is -2.30. The Labute approximate surface area is 94.6 Å². The van der Waals surface area contributed by atoms with E-state index in [2.05, 4.69) is 10.6 Å². The van der Waals surface area contributed by atoms with E-state index in [1.807, 2.05) is 13.0 Å². The Hall–Kier alpha value is -0.830. The van der Waals surface area contributed by atoms with Gasteiger partial charge in [0.2, 0.25) is 0 Å². The van der Waals surface area contributed by atoms with Crippen LogP contribution in [-0.4, -0.2) is 14.5 Å². The normalized spacial score (nSPS) is 13.4. The molecule has 0 fully saturated rings. The molecule has 1 aromatic heterocycles. The molecule has 1 heterocycles. The summed E-state index contributed by atoms with van der Waals surface area (Å²) in [5.74, 6) is 2.33. The molecule has 0 radical (unpaired) electrons. The maximum atomic E-state index is 11.7. The van der Waals surface area contributed by atoms with Crippen molar-refractivity contribution in [3.63, 3.8) is 0 Å². The molecule has 0 spiro atoms. The average molecular weight is 243 g/mol. The molecule has 0 saturated heterocycles. The molecule has 0 bridgehead atoms. The number of hydrogen-bond acceptors (Lipinski definition) is 3. The Morgan fingerprint density at radius 2 is 2.27 bits per heavy atom. The van der Waals surface area contributed by atoms with E-state index in [9.17, 15) is 8.42 Å². The first-order valence-corrected chi connectivity index (χ1v) is 6.86. The van der Waals surface area contributed by atoms with Crippen LogP contribution in [0.2, 0.25) is 0 Å². The largest absolute Gasteiger partial charge is 0.251 e. The molecular formula is C10H13NO2S2. The molecular weight excluding hydrogens is 230 g/mol. The average Bonchev–Trinajstić information content (AvgIpc) is 2.65. The molecule has 1 rings (SSSR count). The maximum Gasteiger partial charge on any atom is 0.251 e. The van der Waals surface area contributed by atoms with Crippen molar-refractivity contribution >= 4 is 21.4 Å². The first kappa shape index (κ1) is 12.2. The fourth-order valence-electron chi connectivity index (χ4n) is 1.02. The van der Waals surface area contributed by atoms with Crippen molar-refractivity contribution < 1.29 is 8.42 Å². The van der Waals surface area contributed by atoms with Gasteiger partial charge >= 0.3 is 0 Å². The topological polar surface area (TPSA) is 46.2 Å². The van der Waals surface area contributed by atoms with Crippen LogP contribution < -0.4 is 4.72 Å². The second-order valence-electron chi connectivity index (χ2n) is 3.08. The highest BCUT2D eigenvalue weighted by atomic mass is 32.2. The molecule has 3 nitrogen and oxygen atoms in total. The lowest BCUT2D eigenvalue weighted by molar-refractivity contribution is 0.580. The van der Waals surface area contributed by atoms with Gasteiger partial charge < -0.3 is 0 Å². The summed E-state index contributed by atoms with van der Waals surface area (Å²) in [6, 6.07) is 2.94. The van der Waals surface area contributed by atoms with Crippen molar-refractivity contribution in [2.75, 3.05) is 0 Å². The minimum absolute atomic E-state index is 0.321. The fraction of sp³-hybridized carbons (Fsp3) is 0.400. The van der Waals surface area contributed by atoms with Gasteiger partial charge in [-0.3, -0.25) is 0 Å². The van der Waals surface area contributed by atoms with Gasteiger partial charge in [-0.15, -0.1) is 17.8 Å². The summed E-state index contributed by atoms with van der Waals surface area (Å²) < 4.78 is 26.2. The summed E-state index contributed by atoms with van der Waals surface area (Å²) in [7, 11) is -3.43. The summed E-state index contributed by atoms with van der Waals surface area (Å²) in [5.41, 5.74) is 0. The third-order valence-corrected chi connectivity index (χ3v) is 5.09. The van der Waals surface area contributed by atoms with E-state index in [0.717, 1.165) is 11.3 Å². The molecule has 0 aliphatic carbocycles. The second kappa shape index (κ2) is 4.79. The third-order valence-electron chi connectivity index (χ3n) is 1.83. The van der Waals surface area contributed by atoms with Gasteiger partial charge in [0.1, 0.15) is 4.21 Å². The summed E-state index contributed by atoms with van der Waals surface area (Å²) in [6.07, 6.45) is 5.95. The smallest absolute Gasteiger partial charge is 0.206 e. The van der Waals surface area contributed by atoms with Crippen molar-refractivity contribution in [1.82, 2.24) is 4.72 Å². The predicted octanol–water partition coefficient (Wildman–Crippen LogP) is 1.61. The van der Waals surface area contributed by atoms with Gasteiger partial charge in [-0.1, -0.05) is 12.8 Å². The monoisotopic (exact) mass is 243 g/mol. The van der Waals surface area contributed by atoms with E-state index >= 15 is 0 Å². The Kier molecular flexibility index (Phi) is 3.91. The maximum absolute atomic E-state index is 11.7. The van der Waals surface area contributed by atoms with E-state index in [0.29, 0.717) is 4.21 Å². The SMILES string of the molecule is C#CC(C)NS(=O)(=O)c1ccc(CC)s1. The van der Waals surface area contributed by atoms with E-state index in [1.165, 1.54) is 11.3 Å². The van der Waals surface area contributed by atoms with Gasteiger partial charge in [-0.25, -0.2) is 8.42 Å². The van der Waals surface area contributed by atoms with E-state index < -0.39 is 16.1 Å². The lowest BCUT2D eigenvalue weighted by atomic mass is 10.4. The number of nitrogens with one attached hydrogen (secondary N) is 1. The van der Waals surface area contributed by atoms with Gasteiger partial charge in [-0.05, 0) is 25.5 Å². The van der Waals surface area contributed by atoms with Crippen LogP contribution in [0.4, 0.5) is 0 Å². The molecule has 0 aliphatic heterocycles. The zero-order chi connectivity index (χ0) is 11.5. The van der Waals surface area contributed by atoms with Crippen molar-refractivity contribution in [2.45, 2.75) is 30.5 Å². The molecule has 1 N–H and O–H groups in total. The lowest BCUT2D eigenvalue weighted by Gasteiger charge is -2.06. The van der Waals surface area contributed by atoms with E-state index in [1.54, 1.807) is 13.0 Å². The highest BCUT2D eigenvalue weighted by molar-refractivity contribution is 7.91. The Balaban J connectivity index is 2.92. The molecule has 1 unspecified atom stereocenters. The van der Waals surface area contributed by atoms with Crippen LogP contribution in [-0.2, 0) is 16.4 Å². The minimum atomic E-state index is -3.43. The third kappa shape index (κ3) is 3.06. The van der Waals surface area contributed by atoms with Crippen LogP contribution in [0.25, 0.3) is 0 Å². The van der Waals surface area contributed by atoms with Gasteiger partial charge in [0.15, 0.2) is 0 Å². The number of thiophene rings is 1. The highest BCUT2D eigenvalue weighted by Crippen LogP contribution is 2.21. The van der Waals surface area contributed by atoms with Crippen LogP contribution >= 0.6 is 11.3 Å². The molecule has 15 heavy (non-hydrogen) atoms. The Morgan fingerprint density at radius 1 is 1.60 bits per heavy atom. The minimum Gasteiger partial charge on any atom is -0.206 e. The summed E-state index contributed by atoms with van der Waals surface area (Å²) in [5, 5.41) is 0. The highest BCUT2D eigenvalue weighted by Gasteiger charge is 2.18. The van der Waals surface area contributed by atoms with Gasteiger partial charge in [0.25, 0.3) is 10.0 Å². The molecule has 0 amide bonds. The van der Waals surface area contributed by atoms with Crippen LogP contribution in [0.5, 0.6) is 0 Å². The molecule has 82 valence electrons. The molecule has 0 aromatic carbocycles. The van der Waals surface area contributed by atoms with Crippen LogP contribution in [0.1, 0.15) is 18.7 Å². The molecule has 0 saturated carbocycles. The van der Waals surface area contributed by atoms with Crippen molar-refractivity contribution in [1.29, 1.82) is 0 Å². The zero-order valence-electron chi connectivity index (χ0n) is 8.65. The van der Waals surface area contributed by atoms with Gasteiger partial charge in [-0.2, -0.15) is 4.72 Å². The first-order valence-electron chi connectivity index (χ1n) is 4.56. The molecule has 0 aliphatic rings. The van der Waals surface area contributed by atoms with Crippen LogP contribution in [0, 0.1) is 12.3 Å². The number of aryl methyl sites for hydroxylation is 1. The standard InChI is InChI=1S/C10H13NO2S2/c1-4-8(3)11-15(12,13)10-7-6-9(5-2)14-10/h1,6-8,11H,5H2,2-3H3. The van der Waals surface area contributed by atoms with Gasteiger partial charge in [0, 0.05) is 4.88 Å². The van der Waals surface area contributed by atoms with Gasteiger partial charge in [0.05, 0.1) is 6.04 Å². The number of hydrogen-bond donors (Lipinski definition) is 1. The molecule has 1 aromatic rings. The summed E-state index contributed by atoms with van der Waals surface area (Å²) >= 11 is 1.27. The zero-order valence-corrected chi connectivity index (χ0v) is 10.3. The van der Waals surface area contributed by atoms with E-state index in [4.69, 9.17) is 6.42 Å². The number of terminal acetylenes is 1. The van der Waals surface area contributed by atoms with Crippen molar-refractivity contribution in [2.24, 2.45) is 0 Å². The summed E-state index contributed by atoms with van der Waals surface area (Å²) in [6.45, 7) is 3.62. The fourth-order valence-corrected chi connectivity index (χ4v) is 3.49. The Morgan fingerprint density at radius 3 is 2.73 bits per heavy atom.